The van der Waals surface area contributed by atoms with Gasteiger partial charge >= 0.3 is 0 Å². The van der Waals surface area contributed by atoms with Crippen LogP contribution >= 0.6 is 11.6 Å². The van der Waals surface area contributed by atoms with Crippen LogP contribution < -0.4 is 4.90 Å². The number of nitrogens with zero attached hydrogens (tertiary/aromatic N) is 2. The number of benzene rings is 1. The Bertz CT molecular complexity index is 751. The third-order valence-corrected chi connectivity index (χ3v) is 7.69. The van der Waals surface area contributed by atoms with Crippen LogP contribution in [-0.4, -0.2) is 69.3 Å². The molecule has 0 radical (unpaired) electrons. The van der Waals surface area contributed by atoms with E-state index >= 15 is 0 Å². The highest BCUT2D eigenvalue weighted by Gasteiger charge is 2.32. The van der Waals surface area contributed by atoms with Crippen LogP contribution in [0.5, 0.6) is 0 Å². The van der Waals surface area contributed by atoms with Crippen LogP contribution in [0.15, 0.2) is 29.2 Å². The van der Waals surface area contributed by atoms with Gasteiger partial charge in [0.2, 0.25) is 10.0 Å². The zero-order valence-corrected chi connectivity index (χ0v) is 17.6. The number of likely N-dealkylation sites (tertiary alicyclic amines) is 1. The molecule has 0 saturated carbocycles. The predicted octanol–water partition coefficient (Wildman–Crippen LogP) is 0.734. The summed E-state index contributed by atoms with van der Waals surface area (Å²) in [5.41, 5.74) is 0. The van der Waals surface area contributed by atoms with Crippen molar-refractivity contribution in [2.45, 2.75) is 25.2 Å². The summed E-state index contributed by atoms with van der Waals surface area (Å²) in [6.07, 6.45) is 1.24. The molecule has 1 N–H and O–H groups in total. The Kier molecular flexibility index (Phi) is 6.46. The average molecular weight is 415 g/mol. The summed E-state index contributed by atoms with van der Waals surface area (Å²) >= 11 is 5.84. The highest BCUT2D eigenvalue weighted by Crippen LogP contribution is 2.20. The molecular formula is C19H29ClN3O3S+. The number of carbonyl (C=O) groups is 1. The number of hydrogen-bond acceptors (Lipinski definition) is 3. The highest BCUT2D eigenvalue weighted by molar-refractivity contribution is 7.89. The van der Waals surface area contributed by atoms with Crippen molar-refractivity contribution in [1.82, 2.24) is 9.21 Å². The number of piperidine rings is 1. The first-order chi connectivity index (χ1) is 12.8. The molecule has 2 aliphatic heterocycles. The van der Waals surface area contributed by atoms with E-state index in [9.17, 15) is 13.2 Å². The lowest BCUT2D eigenvalue weighted by Gasteiger charge is -2.36. The van der Waals surface area contributed by atoms with E-state index in [4.69, 9.17) is 11.6 Å². The van der Waals surface area contributed by atoms with Gasteiger partial charge in [-0.05, 0) is 30.7 Å². The van der Waals surface area contributed by atoms with Gasteiger partial charge in [-0.15, -0.1) is 0 Å². The largest absolute Gasteiger partial charge is 0.335 e. The molecule has 1 aromatic carbocycles. The van der Waals surface area contributed by atoms with E-state index in [0.29, 0.717) is 49.6 Å². The Balaban J connectivity index is 1.55. The van der Waals surface area contributed by atoms with Gasteiger partial charge in [0, 0.05) is 43.0 Å². The van der Waals surface area contributed by atoms with E-state index in [1.165, 1.54) is 27.8 Å². The molecule has 0 spiro atoms. The van der Waals surface area contributed by atoms with Crippen LogP contribution in [0.25, 0.3) is 0 Å². The molecule has 0 bridgehead atoms. The number of hydrogen-bond donors (Lipinski definition) is 1. The lowest BCUT2D eigenvalue weighted by molar-refractivity contribution is -0.904. The Morgan fingerprint density at radius 1 is 1.07 bits per heavy atom. The molecular weight excluding hydrogens is 386 g/mol. The predicted molar refractivity (Wildman–Crippen MR) is 105 cm³/mol. The first-order valence-corrected chi connectivity index (χ1v) is 11.4. The second-order valence-electron chi connectivity index (χ2n) is 8.02. The monoisotopic (exact) mass is 414 g/mol. The third-order valence-electron chi connectivity index (χ3n) is 5.52. The van der Waals surface area contributed by atoms with E-state index < -0.39 is 10.0 Å². The Morgan fingerprint density at radius 3 is 2.19 bits per heavy atom. The van der Waals surface area contributed by atoms with Crippen LogP contribution in [0.3, 0.4) is 0 Å². The van der Waals surface area contributed by atoms with E-state index in [0.717, 1.165) is 13.1 Å². The molecule has 2 saturated heterocycles. The number of amides is 1. The van der Waals surface area contributed by atoms with Crippen molar-refractivity contribution in [2.24, 2.45) is 11.8 Å². The molecule has 150 valence electrons. The summed E-state index contributed by atoms with van der Waals surface area (Å²) in [6, 6.07) is 6.21. The molecule has 6 nitrogen and oxygen atoms in total. The number of carbonyl (C=O) groups excluding carboxylic acids is 1. The molecule has 0 unspecified atom stereocenters. The number of sulfonamides is 1. The number of quaternary nitrogens is 1. The Hall–Kier alpha value is -1.15. The van der Waals surface area contributed by atoms with Gasteiger partial charge in [-0.3, -0.25) is 4.79 Å². The number of nitrogens with one attached hydrogen (secondary N) is 1. The molecule has 0 aromatic heterocycles. The normalized spacial score (nSPS) is 27.5. The van der Waals surface area contributed by atoms with Gasteiger partial charge in [0.25, 0.3) is 5.91 Å². The summed E-state index contributed by atoms with van der Waals surface area (Å²) in [5.74, 6) is 1.44. The smallest absolute Gasteiger partial charge is 0.277 e. The zero-order valence-electron chi connectivity index (χ0n) is 16.0. The van der Waals surface area contributed by atoms with Crippen LogP contribution in [0.1, 0.15) is 20.3 Å². The summed E-state index contributed by atoms with van der Waals surface area (Å²) in [5, 5.41) is 0.508. The molecule has 1 amide bonds. The molecule has 2 fully saturated rings. The van der Waals surface area contributed by atoms with Crippen molar-refractivity contribution in [3.63, 3.8) is 0 Å². The van der Waals surface area contributed by atoms with Crippen molar-refractivity contribution in [3.8, 4) is 0 Å². The minimum atomic E-state index is -3.54. The fraction of sp³-hybridized carbons (Fsp3) is 0.632. The average Bonchev–Trinajstić information content (AvgIpc) is 2.61. The molecule has 27 heavy (non-hydrogen) atoms. The second-order valence-corrected chi connectivity index (χ2v) is 10.4. The van der Waals surface area contributed by atoms with E-state index in [2.05, 4.69) is 13.8 Å². The standard InChI is InChI=1S/C19H28ClN3O3S/c1-15-11-16(2)13-21(12-15)14-19(24)22-7-9-23(10-8-22)27(25,26)18-5-3-17(20)4-6-18/h3-6,15-16H,7-14H2,1-2H3/p+1/t15-,16-/m0/s1. The lowest BCUT2D eigenvalue weighted by Crippen LogP contribution is -3.15. The summed E-state index contributed by atoms with van der Waals surface area (Å²) in [7, 11) is -3.54. The second kappa shape index (κ2) is 8.47. The Labute approximate surface area is 167 Å². The van der Waals surface area contributed by atoms with Crippen LogP contribution in [0.2, 0.25) is 5.02 Å². The van der Waals surface area contributed by atoms with Crippen LogP contribution in [-0.2, 0) is 14.8 Å². The molecule has 2 atom stereocenters. The SMILES string of the molecule is C[C@H]1C[C@H](C)C[NH+](CC(=O)N2CCN(S(=O)(=O)c3ccc(Cl)cc3)CC2)C1. The van der Waals surface area contributed by atoms with Gasteiger partial charge in [-0.1, -0.05) is 25.4 Å². The molecule has 8 heteroatoms. The Morgan fingerprint density at radius 2 is 1.63 bits per heavy atom. The maximum atomic E-state index is 12.7. The first-order valence-electron chi connectivity index (χ1n) is 9.62. The van der Waals surface area contributed by atoms with E-state index in [-0.39, 0.29) is 10.8 Å². The van der Waals surface area contributed by atoms with Gasteiger partial charge in [-0.2, -0.15) is 4.31 Å². The number of piperazine rings is 1. The molecule has 2 aliphatic rings. The fourth-order valence-electron chi connectivity index (χ4n) is 4.33. The molecule has 2 heterocycles. The van der Waals surface area contributed by atoms with Gasteiger partial charge < -0.3 is 9.80 Å². The summed E-state index contributed by atoms with van der Waals surface area (Å²) < 4.78 is 26.9. The van der Waals surface area contributed by atoms with Gasteiger partial charge in [0.1, 0.15) is 0 Å². The van der Waals surface area contributed by atoms with Gasteiger partial charge in [-0.25, -0.2) is 8.42 Å². The maximum absolute atomic E-state index is 12.7. The molecule has 3 rings (SSSR count). The number of halogens is 1. The topological polar surface area (TPSA) is 62.1 Å². The van der Waals surface area contributed by atoms with Crippen molar-refractivity contribution >= 4 is 27.5 Å². The third kappa shape index (κ3) is 5.02. The van der Waals surface area contributed by atoms with E-state index in [1.807, 2.05) is 4.90 Å². The summed E-state index contributed by atoms with van der Waals surface area (Å²) in [4.78, 5) is 16.1. The van der Waals surface area contributed by atoms with E-state index in [1.54, 1.807) is 12.1 Å². The van der Waals surface area contributed by atoms with Crippen LogP contribution in [0, 0.1) is 11.8 Å². The van der Waals surface area contributed by atoms with Crippen molar-refractivity contribution in [1.29, 1.82) is 0 Å². The van der Waals surface area contributed by atoms with Gasteiger partial charge in [0.15, 0.2) is 6.54 Å². The first kappa shape index (κ1) is 20.6. The highest BCUT2D eigenvalue weighted by atomic mass is 35.5. The number of rotatable bonds is 4. The van der Waals surface area contributed by atoms with Crippen molar-refractivity contribution in [2.75, 3.05) is 45.8 Å². The minimum Gasteiger partial charge on any atom is -0.335 e. The van der Waals surface area contributed by atoms with Crippen LogP contribution in [0.4, 0.5) is 0 Å². The summed E-state index contributed by atoms with van der Waals surface area (Å²) in [6.45, 7) is 8.66. The van der Waals surface area contributed by atoms with Crippen molar-refractivity contribution < 1.29 is 18.1 Å². The molecule has 0 aliphatic carbocycles. The maximum Gasteiger partial charge on any atom is 0.277 e. The van der Waals surface area contributed by atoms with Crippen molar-refractivity contribution in [3.05, 3.63) is 29.3 Å². The minimum absolute atomic E-state index is 0.134. The molecule has 1 aromatic rings. The zero-order chi connectivity index (χ0) is 19.6. The quantitative estimate of drug-likeness (QED) is 0.790. The fourth-order valence-corrected chi connectivity index (χ4v) is 5.87. The lowest BCUT2D eigenvalue weighted by atomic mass is 9.92. The van der Waals surface area contributed by atoms with Gasteiger partial charge in [0.05, 0.1) is 18.0 Å².